The fraction of sp³-hybridized carbons (Fsp3) is 0.0233. The van der Waals surface area contributed by atoms with Crippen molar-refractivity contribution in [3.63, 3.8) is 0 Å². The summed E-state index contributed by atoms with van der Waals surface area (Å²) in [6.45, 7) is 0. The van der Waals surface area contributed by atoms with Crippen LogP contribution in [0.25, 0.3) is 98.7 Å². The topological polar surface area (TPSA) is 27.9 Å². The first kappa shape index (κ1) is 25.0. The first-order valence-electron chi connectivity index (χ1n) is 16.1. The zero-order valence-corrected chi connectivity index (χ0v) is 25.6. The lowest BCUT2D eigenvalue weighted by Crippen LogP contribution is -1.95. The lowest BCUT2D eigenvalue weighted by molar-refractivity contribution is 0.669. The summed E-state index contributed by atoms with van der Waals surface area (Å²) in [6, 6.07) is 52.7. The van der Waals surface area contributed by atoms with E-state index in [1.165, 1.54) is 65.4 Å². The molecule has 0 saturated heterocycles. The van der Waals surface area contributed by atoms with Crippen LogP contribution < -0.4 is 0 Å². The number of para-hydroxylation sites is 4. The van der Waals surface area contributed by atoms with Gasteiger partial charge >= 0.3 is 0 Å². The highest BCUT2D eigenvalue weighted by Gasteiger charge is 2.21. The summed E-state index contributed by atoms with van der Waals surface area (Å²) in [5.41, 5.74) is 11.4. The molecule has 7 aromatic carbocycles. The van der Waals surface area contributed by atoms with E-state index in [0.29, 0.717) is 0 Å². The van der Waals surface area contributed by atoms with Gasteiger partial charge in [0.25, 0.3) is 0 Å². The zero-order chi connectivity index (χ0) is 30.8. The lowest BCUT2D eigenvalue weighted by atomic mass is 10.0. The van der Waals surface area contributed by atoms with Gasteiger partial charge in [0, 0.05) is 72.5 Å². The third-order valence-electron chi connectivity index (χ3n) is 10.2. The minimum absolute atomic E-state index is 0.904. The van der Waals surface area contributed by atoms with Crippen LogP contribution in [0.2, 0.25) is 0 Å². The number of nitrogens with zero attached hydrogens (tertiary/aromatic N) is 3. The Morgan fingerprint density at radius 3 is 1.62 bits per heavy atom. The van der Waals surface area contributed by atoms with E-state index < -0.39 is 0 Å². The number of aromatic nitrogens is 3. The molecule has 11 rings (SSSR count). The Bertz CT molecular complexity index is 3040. The molecule has 0 radical (unpaired) electrons. The summed E-state index contributed by atoms with van der Waals surface area (Å²) >= 11 is 0. The molecule has 47 heavy (non-hydrogen) atoms. The Morgan fingerprint density at radius 1 is 0.362 bits per heavy atom. The minimum atomic E-state index is 0.904. The van der Waals surface area contributed by atoms with Crippen molar-refractivity contribution in [3.05, 3.63) is 146 Å². The average Bonchev–Trinajstić information content (AvgIpc) is 3.84. The molecule has 0 saturated carbocycles. The van der Waals surface area contributed by atoms with Gasteiger partial charge in [-0.15, -0.1) is 0 Å². The highest BCUT2D eigenvalue weighted by Crippen LogP contribution is 2.43. The number of hydrogen-bond acceptors (Lipinski definition) is 1. The van der Waals surface area contributed by atoms with Gasteiger partial charge in [-0.1, -0.05) is 72.8 Å². The largest absolute Gasteiger partial charge is 0.456 e. The van der Waals surface area contributed by atoms with Gasteiger partial charge < -0.3 is 18.1 Å². The van der Waals surface area contributed by atoms with Crippen molar-refractivity contribution in [1.82, 2.24) is 13.7 Å². The Labute approximate surface area is 268 Å². The van der Waals surface area contributed by atoms with Crippen molar-refractivity contribution < 1.29 is 4.42 Å². The Morgan fingerprint density at radius 2 is 0.851 bits per heavy atom. The van der Waals surface area contributed by atoms with Crippen LogP contribution in [0.4, 0.5) is 0 Å². The minimum Gasteiger partial charge on any atom is -0.456 e. The molecule has 0 amide bonds. The molecule has 0 bridgehead atoms. The van der Waals surface area contributed by atoms with Crippen molar-refractivity contribution in [1.29, 1.82) is 0 Å². The molecule has 220 valence electrons. The summed E-state index contributed by atoms with van der Waals surface area (Å²) in [5.74, 6) is 0. The van der Waals surface area contributed by atoms with E-state index in [1.807, 2.05) is 12.1 Å². The van der Waals surface area contributed by atoms with E-state index in [2.05, 4.69) is 154 Å². The van der Waals surface area contributed by atoms with Crippen molar-refractivity contribution in [2.75, 3.05) is 0 Å². The molecule has 0 aliphatic rings. The van der Waals surface area contributed by atoms with E-state index in [0.717, 1.165) is 33.3 Å². The number of rotatable bonds is 2. The molecule has 4 heterocycles. The van der Waals surface area contributed by atoms with Gasteiger partial charge in [0.05, 0.1) is 22.1 Å². The molecular weight excluding hydrogens is 574 g/mol. The van der Waals surface area contributed by atoms with Gasteiger partial charge in [0.15, 0.2) is 0 Å². The van der Waals surface area contributed by atoms with Crippen molar-refractivity contribution in [2.45, 2.75) is 0 Å². The first-order chi connectivity index (χ1) is 23.2. The van der Waals surface area contributed by atoms with E-state index in [-0.39, 0.29) is 0 Å². The molecular formula is C43H27N3O. The quantitative estimate of drug-likeness (QED) is 0.194. The Kier molecular flexibility index (Phi) is 4.75. The van der Waals surface area contributed by atoms with E-state index in [9.17, 15) is 0 Å². The molecule has 0 aliphatic heterocycles. The van der Waals surface area contributed by atoms with Crippen LogP contribution in [0.15, 0.2) is 150 Å². The third-order valence-corrected chi connectivity index (χ3v) is 10.2. The molecule has 4 nitrogen and oxygen atoms in total. The highest BCUT2D eigenvalue weighted by atomic mass is 16.3. The number of furan rings is 1. The fourth-order valence-electron chi connectivity index (χ4n) is 8.22. The van der Waals surface area contributed by atoms with Gasteiger partial charge in [0.1, 0.15) is 11.2 Å². The van der Waals surface area contributed by atoms with Crippen molar-refractivity contribution in [2.24, 2.45) is 7.05 Å². The van der Waals surface area contributed by atoms with Crippen LogP contribution in [0.1, 0.15) is 0 Å². The highest BCUT2D eigenvalue weighted by molar-refractivity contribution is 6.29. The monoisotopic (exact) mass is 601 g/mol. The Hall–Kier alpha value is -6.26. The molecule has 0 unspecified atom stereocenters. The second-order valence-electron chi connectivity index (χ2n) is 12.6. The van der Waals surface area contributed by atoms with Crippen LogP contribution in [-0.4, -0.2) is 13.7 Å². The van der Waals surface area contributed by atoms with Crippen LogP contribution >= 0.6 is 0 Å². The van der Waals surface area contributed by atoms with Crippen LogP contribution in [0.3, 0.4) is 0 Å². The zero-order valence-electron chi connectivity index (χ0n) is 25.6. The number of aryl methyl sites for hydroxylation is 1. The van der Waals surface area contributed by atoms with Gasteiger partial charge in [-0.3, -0.25) is 0 Å². The van der Waals surface area contributed by atoms with Crippen LogP contribution in [0.5, 0.6) is 0 Å². The Balaban J connectivity index is 1.30. The summed E-state index contributed by atoms with van der Waals surface area (Å²) < 4.78 is 13.4. The standard InChI is InChI=1S/C43H27N3O/c1-44-34-14-6-4-13-31(34)42-38(44)21-22-39-43(42)33-25-26(45-35-15-7-2-10-28(35)29-11-3-8-16-36(29)45)18-20-37(33)46(39)27-19-23-41-32(24-27)30-12-5-9-17-40(30)47-41/h2-25H,1H3. The molecule has 0 aliphatic carbocycles. The maximum Gasteiger partial charge on any atom is 0.135 e. The molecule has 0 atom stereocenters. The summed E-state index contributed by atoms with van der Waals surface area (Å²) in [7, 11) is 2.18. The number of hydrogen-bond donors (Lipinski definition) is 0. The normalized spacial score (nSPS) is 12.4. The van der Waals surface area contributed by atoms with Crippen LogP contribution in [0, 0.1) is 0 Å². The SMILES string of the molecule is Cn1c2ccccc2c2c3c4cc(-n5c6ccccc6c6ccccc65)ccc4n(-c4ccc5oc6ccccc6c5c4)c3ccc21. The smallest absolute Gasteiger partial charge is 0.135 e. The average molecular weight is 602 g/mol. The molecule has 11 aromatic rings. The first-order valence-corrected chi connectivity index (χ1v) is 16.1. The maximum absolute atomic E-state index is 6.22. The van der Waals surface area contributed by atoms with Gasteiger partial charge in [-0.25, -0.2) is 0 Å². The second kappa shape index (κ2) is 8.93. The van der Waals surface area contributed by atoms with Crippen molar-refractivity contribution >= 4 is 87.4 Å². The molecule has 0 spiro atoms. The van der Waals surface area contributed by atoms with E-state index in [1.54, 1.807) is 0 Å². The summed E-state index contributed by atoms with van der Waals surface area (Å²) in [6.07, 6.45) is 0. The van der Waals surface area contributed by atoms with E-state index in [4.69, 9.17) is 4.42 Å². The molecule has 4 aromatic heterocycles. The molecule has 0 fully saturated rings. The number of benzene rings is 7. The summed E-state index contributed by atoms with van der Waals surface area (Å²) in [5, 5.41) is 9.86. The van der Waals surface area contributed by atoms with Gasteiger partial charge in [0.2, 0.25) is 0 Å². The van der Waals surface area contributed by atoms with E-state index >= 15 is 0 Å². The number of fused-ring (bicyclic) bond motifs is 13. The summed E-state index contributed by atoms with van der Waals surface area (Å²) in [4.78, 5) is 0. The lowest BCUT2D eigenvalue weighted by Gasteiger charge is -2.10. The predicted octanol–water partition coefficient (Wildman–Crippen LogP) is 11.4. The van der Waals surface area contributed by atoms with Gasteiger partial charge in [-0.2, -0.15) is 0 Å². The van der Waals surface area contributed by atoms with Gasteiger partial charge in [-0.05, 0) is 72.8 Å². The molecule has 0 N–H and O–H groups in total. The maximum atomic E-state index is 6.22. The fourth-order valence-corrected chi connectivity index (χ4v) is 8.22. The second-order valence-corrected chi connectivity index (χ2v) is 12.6. The van der Waals surface area contributed by atoms with Crippen LogP contribution in [-0.2, 0) is 7.05 Å². The predicted molar refractivity (Wildman–Crippen MR) is 196 cm³/mol. The van der Waals surface area contributed by atoms with Crippen molar-refractivity contribution in [3.8, 4) is 11.4 Å². The molecule has 4 heteroatoms. The third kappa shape index (κ3) is 3.21.